The molecule has 0 fully saturated rings. The van der Waals surface area contributed by atoms with Gasteiger partial charge in [-0.3, -0.25) is 5.10 Å². The molecule has 0 radical (unpaired) electrons. The predicted octanol–water partition coefficient (Wildman–Crippen LogP) is 3.83. The Hall–Kier alpha value is -1.88. The van der Waals surface area contributed by atoms with Crippen molar-refractivity contribution >= 4 is 23.2 Å². The maximum absolute atomic E-state index is 6.19. The molecule has 1 heterocycles. The molecule has 1 aromatic heterocycles. The van der Waals surface area contributed by atoms with Gasteiger partial charge >= 0.3 is 0 Å². The lowest BCUT2D eigenvalue weighted by Crippen LogP contribution is -2.13. The average Bonchev–Trinajstić information content (AvgIpc) is 2.97. The summed E-state index contributed by atoms with van der Waals surface area (Å²) in [7, 11) is 0. The summed E-state index contributed by atoms with van der Waals surface area (Å²) in [5.74, 6) is 1.10. The van der Waals surface area contributed by atoms with Gasteiger partial charge in [0.05, 0.1) is 11.1 Å². The zero-order valence-electron chi connectivity index (χ0n) is 10.9. The van der Waals surface area contributed by atoms with E-state index in [4.69, 9.17) is 28.9 Å². The third-order valence-electron chi connectivity index (χ3n) is 3.14. The van der Waals surface area contributed by atoms with Crippen molar-refractivity contribution in [1.82, 2.24) is 15.2 Å². The SMILES string of the molecule is NC(c1ccc(Cl)cc1)c1nc(-c2ccccc2Cl)n[nH]1. The van der Waals surface area contributed by atoms with Gasteiger partial charge < -0.3 is 5.73 Å². The summed E-state index contributed by atoms with van der Waals surface area (Å²) in [4.78, 5) is 4.43. The molecule has 6 heteroatoms. The summed E-state index contributed by atoms with van der Waals surface area (Å²) < 4.78 is 0. The molecule has 0 aliphatic rings. The fourth-order valence-corrected chi connectivity index (χ4v) is 2.35. The number of hydrogen-bond acceptors (Lipinski definition) is 3. The molecular weight excluding hydrogens is 307 g/mol. The Kier molecular flexibility index (Phi) is 3.92. The normalized spacial score (nSPS) is 12.3. The highest BCUT2D eigenvalue weighted by Gasteiger charge is 2.15. The number of H-pyrrole nitrogens is 1. The fraction of sp³-hybridized carbons (Fsp3) is 0.0667. The summed E-state index contributed by atoms with van der Waals surface area (Å²) >= 11 is 12.0. The molecule has 0 bridgehead atoms. The Bertz CT molecular complexity index is 752. The van der Waals surface area contributed by atoms with Gasteiger partial charge in [0.15, 0.2) is 5.82 Å². The number of benzene rings is 2. The van der Waals surface area contributed by atoms with Crippen molar-refractivity contribution in [2.24, 2.45) is 5.73 Å². The monoisotopic (exact) mass is 318 g/mol. The molecule has 2 aromatic carbocycles. The molecular formula is C15H12Cl2N4. The summed E-state index contributed by atoms with van der Waals surface area (Å²) in [6.45, 7) is 0. The zero-order valence-corrected chi connectivity index (χ0v) is 12.4. The van der Waals surface area contributed by atoms with E-state index in [-0.39, 0.29) is 0 Å². The van der Waals surface area contributed by atoms with Crippen molar-refractivity contribution in [3.63, 3.8) is 0 Å². The highest BCUT2D eigenvalue weighted by atomic mass is 35.5. The summed E-state index contributed by atoms with van der Waals surface area (Å²) in [5.41, 5.74) is 7.86. The van der Waals surface area contributed by atoms with Crippen molar-refractivity contribution in [2.45, 2.75) is 6.04 Å². The molecule has 3 aromatic rings. The van der Waals surface area contributed by atoms with Crippen molar-refractivity contribution in [1.29, 1.82) is 0 Å². The minimum atomic E-state index is -0.397. The van der Waals surface area contributed by atoms with E-state index >= 15 is 0 Å². The van der Waals surface area contributed by atoms with Crippen molar-refractivity contribution < 1.29 is 0 Å². The highest BCUT2D eigenvalue weighted by Crippen LogP contribution is 2.26. The van der Waals surface area contributed by atoms with Crippen LogP contribution in [0.15, 0.2) is 48.5 Å². The lowest BCUT2D eigenvalue weighted by Gasteiger charge is -2.08. The van der Waals surface area contributed by atoms with Gasteiger partial charge in [0.1, 0.15) is 5.82 Å². The second-order valence-corrected chi connectivity index (χ2v) is 5.40. The van der Waals surface area contributed by atoms with Gasteiger partial charge in [-0.2, -0.15) is 5.10 Å². The second kappa shape index (κ2) is 5.85. The van der Waals surface area contributed by atoms with E-state index in [9.17, 15) is 0 Å². The molecule has 1 atom stereocenters. The predicted molar refractivity (Wildman–Crippen MR) is 84.3 cm³/mol. The minimum Gasteiger partial charge on any atom is -0.318 e. The van der Waals surface area contributed by atoms with Crippen LogP contribution in [0.2, 0.25) is 10.0 Å². The van der Waals surface area contributed by atoms with E-state index in [1.165, 1.54) is 0 Å². The molecule has 0 aliphatic carbocycles. The molecule has 0 aliphatic heterocycles. The molecule has 0 saturated heterocycles. The number of nitrogens with one attached hydrogen (secondary N) is 1. The Morgan fingerprint density at radius 1 is 1.00 bits per heavy atom. The molecule has 0 spiro atoms. The van der Waals surface area contributed by atoms with Gasteiger partial charge in [-0.25, -0.2) is 4.98 Å². The standard InChI is InChI=1S/C15H12Cl2N4/c16-10-7-5-9(6-8-10)13(18)15-19-14(20-21-15)11-3-1-2-4-12(11)17/h1-8,13H,18H2,(H,19,20,21). The van der Waals surface area contributed by atoms with E-state index in [0.29, 0.717) is 21.7 Å². The Morgan fingerprint density at radius 3 is 2.43 bits per heavy atom. The first kappa shape index (κ1) is 14.1. The summed E-state index contributed by atoms with van der Waals surface area (Å²) in [6.07, 6.45) is 0. The van der Waals surface area contributed by atoms with Crippen molar-refractivity contribution in [3.8, 4) is 11.4 Å². The van der Waals surface area contributed by atoms with Crippen LogP contribution < -0.4 is 5.73 Å². The number of rotatable bonds is 3. The van der Waals surface area contributed by atoms with Crippen molar-refractivity contribution in [2.75, 3.05) is 0 Å². The van der Waals surface area contributed by atoms with Crippen LogP contribution in [0.4, 0.5) is 0 Å². The van der Waals surface area contributed by atoms with Crippen molar-refractivity contribution in [3.05, 3.63) is 70.0 Å². The molecule has 0 amide bonds. The van der Waals surface area contributed by atoms with Gasteiger partial charge in [0.2, 0.25) is 0 Å². The van der Waals surface area contributed by atoms with Gasteiger partial charge in [-0.15, -0.1) is 0 Å². The first-order valence-electron chi connectivity index (χ1n) is 6.33. The van der Waals surface area contributed by atoms with Crippen LogP contribution in [0.3, 0.4) is 0 Å². The van der Waals surface area contributed by atoms with E-state index in [0.717, 1.165) is 11.1 Å². The molecule has 3 N–H and O–H groups in total. The van der Waals surface area contributed by atoms with Gasteiger partial charge in [0, 0.05) is 10.6 Å². The molecule has 106 valence electrons. The maximum Gasteiger partial charge on any atom is 0.182 e. The Morgan fingerprint density at radius 2 is 1.71 bits per heavy atom. The van der Waals surface area contributed by atoms with E-state index in [1.807, 2.05) is 30.3 Å². The maximum atomic E-state index is 6.19. The first-order valence-corrected chi connectivity index (χ1v) is 7.09. The third-order valence-corrected chi connectivity index (χ3v) is 3.72. The van der Waals surface area contributed by atoms with Crippen LogP contribution in [-0.2, 0) is 0 Å². The van der Waals surface area contributed by atoms with Gasteiger partial charge in [0.25, 0.3) is 0 Å². The van der Waals surface area contributed by atoms with E-state index in [2.05, 4.69) is 15.2 Å². The van der Waals surface area contributed by atoms with Gasteiger partial charge in [-0.1, -0.05) is 47.5 Å². The van der Waals surface area contributed by atoms with Crippen LogP contribution in [0.5, 0.6) is 0 Å². The first-order chi connectivity index (χ1) is 10.1. The van der Waals surface area contributed by atoms with Crippen LogP contribution in [0.1, 0.15) is 17.4 Å². The number of aromatic amines is 1. The molecule has 0 saturated carbocycles. The van der Waals surface area contributed by atoms with Crippen LogP contribution in [0.25, 0.3) is 11.4 Å². The lowest BCUT2D eigenvalue weighted by molar-refractivity contribution is 0.787. The highest BCUT2D eigenvalue weighted by molar-refractivity contribution is 6.33. The molecule has 3 rings (SSSR count). The number of aromatic nitrogens is 3. The number of nitrogens with two attached hydrogens (primary N) is 1. The van der Waals surface area contributed by atoms with Crippen LogP contribution in [0, 0.1) is 0 Å². The Labute approximate surface area is 131 Å². The van der Waals surface area contributed by atoms with Crippen LogP contribution >= 0.6 is 23.2 Å². The Balaban J connectivity index is 1.91. The molecule has 21 heavy (non-hydrogen) atoms. The quantitative estimate of drug-likeness (QED) is 0.771. The zero-order chi connectivity index (χ0) is 14.8. The van der Waals surface area contributed by atoms with E-state index in [1.54, 1.807) is 18.2 Å². The summed E-state index contributed by atoms with van der Waals surface area (Å²) in [5, 5.41) is 8.32. The van der Waals surface area contributed by atoms with E-state index < -0.39 is 6.04 Å². The minimum absolute atomic E-state index is 0.397. The largest absolute Gasteiger partial charge is 0.318 e. The molecule has 4 nitrogen and oxygen atoms in total. The fourth-order valence-electron chi connectivity index (χ4n) is 2.00. The third kappa shape index (κ3) is 2.93. The molecule has 1 unspecified atom stereocenters. The second-order valence-electron chi connectivity index (χ2n) is 4.55. The number of nitrogens with zero attached hydrogens (tertiary/aromatic N) is 2. The number of halogens is 2. The van der Waals surface area contributed by atoms with Crippen LogP contribution in [-0.4, -0.2) is 15.2 Å². The lowest BCUT2D eigenvalue weighted by atomic mass is 10.1. The average molecular weight is 319 g/mol. The smallest absolute Gasteiger partial charge is 0.182 e. The summed E-state index contributed by atoms with van der Waals surface area (Å²) in [6, 6.07) is 14.3. The number of hydrogen-bond donors (Lipinski definition) is 2. The topological polar surface area (TPSA) is 67.6 Å². The van der Waals surface area contributed by atoms with Gasteiger partial charge in [-0.05, 0) is 29.8 Å².